The molecule has 1 aliphatic rings. The van der Waals surface area contributed by atoms with Crippen molar-refractivity contribution in [3.63, 3.8) is 0 Å². The molecular formula is C17H16Cl2N2O2. The molecule has 1 amide bonds. The SMILES string of the molecule is O=C(Nc1ccc(Cl)cc1N1CCOCC1)c1ccccc1Cl. The first-order chi connectivity index (χ1) is 11.1. The fourth-order valence-electron chi connectivity index (χ4n) is 2.51. The van der Waals surface area contributed by atoms with Crippen molar-refractivity contribution in [1.29, 1.82) is 0 Å². The molecule has 1 heterocycles. The van der Waals surface area contributed by atoms with E-state index in [0.717, 1.165) is 18.8 Å². The summed E-state index contributed by atoms with van der Waals surface area (Å²) >= 11 is 12.2. The number of hydrogen-bond acceptors (Lipinski definition) is 3. The van der Waals surface area contributed by atoms with Crippen molar-refractivity contribution in [3.8, 4) is 0 Å². The Morgan fingerprint density at radius 3 is 2.57 bits per heavy atom. The smallest absolute Gasteiger partial charge is 0.257 e. The molecular weight excluding hydrogens is 335 g/mol. The molecule has 23 heavy (non-hydrogen) atoms. The van der Waals surface area contributed by atoms with Crippen LogP contribution >= 0.6 is 23.2 Å². The van der Waals surface area contributed by atoms with Gasteiger partial charge < -0.3 is 15.0 Å². The Balaban J connectivity index is 1.87. The fourth-order valence-corrected chi connectivity index (χ4v) is 2.90. The van der Waals surface area contributed by atoms with E-state index in [0.29, 0.717) is 34.5 Å². The van der Waals surface area contributed by atoms with Crippen molar-refractivity contribution >= 4 is 40.5 Å². The Hall–Kier alpha value is -1.75. The van der Waals surface area contributed by atoms with Crippen LogP contribution in [-0.2, 0) is 4.74 Å². The van der Waals surface area contributed by atoms with Gasteiger partial charge in [0.2, 0.25) is 0 Å². The summed E-state index contributed by atoms with van der Waals surface area (Å²) in [6.45, 7) is 2.83. The summed E-state index contributed by atoms with van der Waals surface area (Å²) in [4.78, 5) is 14.6. The molecule has 0 unspecified atom stereocenters. The number of halogens is 2. The molecule has 0 atom stereocenters. The van der Waals surface area contributed by atoms with Gasteiger partial charge in [-0.2, -0.15) is 0 Å². The van der Waals surface area contributed by atoms with Crippen LogP contribution in [0.4, 0.5) is 11.4 Å². The molecule has 3 rings (SSSR count). The van der Waals surface area contributed by atoms with Gasteiger partial charge >= 0.3 is 0 Å². The van der Waals surface area contributed by atoms with Gasteiger partial charge in [0.05, 0.1) is 35.2 Å². The molecule has 0 radical (unpaired) electrons. The molecule has 6 heteroatoms. The monoisotopic (exact) mass is 350 g/mol. The van der Waals surface area contributed by atoms with Crippen molar-refractivity contribution in [3.05, 3.63) is 58.1 Å². The Morgan fingerprint density at radius 1 is 1.09 bits per heavy atom. The van der Waals surface area contributed by atoms with Gasteiger partial charge in [0.15, 0.2) is 0 Å². The summed E-state index contributed by atoms with van der Waals surface area (Å²) in [5.74, 6) is -0.243. The van der Waals surface area contributed by atoms with Crippen molar-refractivity contribution in [2.24, 2.45) is 0 Å². The number of carbonyl (C=O) groups is 1. The lowest BCUT2D eigenvalue weighted by atomic mass is 10.2. The zero-order chi connectivity index (χ0) is 16.2. The van der Waals surface area contributed by atoms with Gasteiger partial charge in [-0.15, -0.1) is 0 Å². The maximum absolute atomic E-state index is 12.5. The lowest BCUT2D eigenvalue weighted by molar-refractivity contribution is 0.102. The Kier molecular flexibility index (Phi) is 5.06. The van der Waals surface area contributed by atoms with Crippen molar-refractivity contribution in [2.45, 2.75) is 0 Å². The summed E-state index contributed by atoms with van der Waals surface area (Å²) in [7, 11) is 0. The maximum atomic E-state index is 12.5. The number of nitrogens with one attached hydrogen (secondary N) is 1. The van der Waals surface area contributed by atoms with Gasteiger partial charge in [0.25, 0.3) is 5.91 Å². The van der Waals surface area contributed by atoms with Gasteiger partial charge in [-0.1, -0.05) is 35.3 Å². The number of anilines is 2. The van der Waals surface area contributed by atoms with Crippen molar-refractivity contribution < 1.29 is 9.53 Å². The molecule has 0 saturated carbocycles. The molecule has 2 aromatic carbocycles. The van der Waals surface area contributed by atoms with Crippen molar-refractivity contribution in [2.75, 3.05) is 36.5 Å². The highest BCUT2D eigenvalue weighted by molar-refractivity contribution is 6.34. The summed E-state index contributed by atoms with van der Waals surface area (Å²) in [5.41, 5.74) is 2.04. The highest BCUT2D eigenvalue weighted by atomic mass is 35.5. The average molecular weight is 351 g/mol. The van der Waals surface area contributed by atoms with Crippen LogP contribution in [0.25, 0.3) is 0 Å². The lowest BCUT2D eigenvalue weighted by Gasteiger charge is -2.30. The summed E-state index contributed by atoms with van der Waals surface area (Å²) in [6.07, 6.45) is 0. The lowest BCUT2D eigenvalue weighted by Crippen LogP contribution is -2.36. The van der Waals surface area contributed by atoms with Crippen LogP contribution in [0.15, 0.2) is 42.5 Å². The minimum Gasteiger partial charge on any atom is -0.378 e. The number of ether oxygens (including phenoxy) is 1. The van der Waals surface area contributed by atoms with Crippen LogP contribution in [0, 0.1) is 0 Å². The molecule has 120 valence electrons. The molecule has 1 N–H and O–H groups in total. The summed E-state index contributed by atoms with van der Waals surface area (Å²) in [6, 6.07) is 12.4. The number of benzene rings is 2. The molecule has 4 nitrogen and oxygen atoms in total. The van der Waals surface area contributed by atoms with Gasteiger partial charge in [0.1, 0.15) is 0 Å². The van der Waals surface area contributed by atoms with E-state index in [1.165, 1.54) is 0 Å². The number of hydrogen-bond donors (Lipinski definition) is 1. The predicted molar refractivity (Wildman–Crippen MR) is 93.9 cm³/mol. The molecule has 1 fully saturated rings. The quantitative estimate of drug-likeness (QED) is 0.906. The highest BCUT2D eigenvalue weighted by Gasteiger charge is 2.18. The number of morpholine rings is 1. The zero-order valence-corrected chi connectivity index (χ0v) is 13.9. The average Bonchev–Trinajstić information content (AvgIpc) is 2.57. The second kappa shape index (κ2) is 7.21. The van der Waals surface area contributed by atoms with Gasteiger partial charge in [-0.3, -0.25) is 4.79 Å². The predicted octanol–water partition coefficient (Wildman–Crippen LogP) is 4.08. The van der Waals surface area contributed by atoms with E-state index in [1.54, 1.807) is 30.3 Å². The summed E-state index contributed by atoms with van der Waals surface area (Å²) in [5, 5.41) is 3.98. The van der Waals surface area contributed by atoms with E-state index in [4.69, 9.17) is 27.9 Å². The first-order valence-corrected chi connectivity index (χ1v) is 8.09. The molecule has 0 aromatic heterocycles. The molecule has 2 aromatic rings. The highest BCUT2D eigenvalue weighted by Crippen LogP contribution is 2.31. The largest absolute Gasteiger partial charge is 0.378 e. The molecule has 0 aliphatic carbocycles. The summed E-state index contributed by atoms with van der Waals surface area (Å²) < 4.78 is 5.38. The number of carbonyl (C=O) groups excluding carboxylic acids is 1. The van der Waals surface area contributed by atoms with E-state index in [-0.39, 0.29) is 5.91 Å². The minimum absolute atomic E-state index is 0.243. The Labute approximate surface area is 144 Å². The van der Waals surface area contributed by atoms with Crippen LogP contribution in [0.1, 0.15) is 10.4 Å². The van der Waals surface area contributed by atoms with E-state index < -0.39 is 0 Å². The maximum Gasteiger partial charge on any atom is 0.257 e. The van der Waals surface area contributed by atoms with Crippen LogP contribution in [0.3, 0.4) is 0 Å². The fraction of sp³-hybridized carbons (Fsp3) is 0.235. The first kappa shape index (κ1) is 16.1. The van der Waals surface area contributed by atoms with Crippen LogP contribution in [0.5, 0.6) is 0 Å². The zero-order valence-electron chi connectivity index (χ0n) is 12.4. The van der Waals surface area contributed by atoms with Crippen LogP contribution in [-0.4, -0.2) is 32.2 Å². The van der Waals surface area contributed by atoms with Crippen LogP contribution in [0.2, 0.25) is 10.0 Å². The first-order valence-electron chi connectivity index (χ1n) is 7.33. The van der Waals surface area contributed by atoms with Crippen LogP contribution < -0.4 is 10.2 Å². The number of nitrogens with zero attached hydrogens (tertiary/aromatic N) is 1. The third-order valence-corrected chi connectivity index (χ3v) is 4.24. The number of rotatable bonds is 3. The normalized spacial score (nSPS) is 14.6. The van der Waals surface area contributed by atoms with Gasteiger partial charge in [0, 0.05) is 18.1 Å². The third-order valence-electron chi connectivity index (χ3n) is 3.68. The van der Waals surface area contributed by atoms with E-state index in [1.807, 2.05) is 12.1 Å². The Morgan fingerprint density at radius 2 is 1.83 bits per heavy atom. The van der Waals surface area contributed by atoms with Crippen molar-refractivity contribution in [1.82, 2.24) is 0 Å². The topological polar surface area (TPSA) is 41.6 Å². The number of amides is 1. The Bertz CT molecular complexity index is 715. The molecule has 0 bridgehead atoms. The van der Waals surface area contributed by atoms with E-state index >= 15 is 0 Å². The molecule has 0 spiro atoms. The second-order valence-corrected chi connectivity index (χ2v) is 6.04. The minimum atomic E-state index is -0.243. The van der Waals surface area contributed by atoms with Gasteiger partial charge in [-0.25, -0.2) is 0 Å². The third kappa shape index (κ3) is 3.78. The standard InChI is InChI=1S/C17H16Cl2N2O2/c18-12-5-6-15(16(11-12)21-7-9-23-10-8-21)20-17(22)13-3-1-2-4-14(13)19/h1-6,11H,7-10H2,(H,20,22). The van der Waals surface area contributed by atoms with Gasteiger partial charge in [-0.05, 0) is 30.3 Å². The van der Waals surface area contributed by atoms with E-state index in [9.17, 15) is 4.79 Å². The molecule has 1 aliphatic heterocycles. The molecule has 1 saturated heterocycles. The second-order valence-electron chi connectivity index (χ2n) is 5.19. The van der Waals surface area contributed by atoms with E-state index in [2.05, 4.69) is 10.2 Å².